The molecule has 1 aromatic carbocycles. The molecule has 4 rings (SSSR count). The minimum atomic E-state index is -0.599. The van der Waals surface area contributed by atoms with Gasteiger partial charge in [-0.2, -0.15) is 0 Å². The van der Waals surface area contributed by atoms with Crippen LogP contribution in [0.3, 0.4) is 0 Å². The van der Waals surface area contributed by atoms with Gasteiger partial charge in [0.2, 0.25) is 0 Å². The summed E-state index contributed by atoms with van der Waals surface area (Å²) in [5, 5.41) is 0.591. The number of aromatic nitrogens is 2. The number of rotatable bonds is 1. The molecule has 2 aliphatic rings. The van der Waals surface area contributed by atoms with Gasteiger partial charge in [0.15, 0.2) is 11.6 Å². The summed E-state index contributed by atoms with van der Waals surface area (Å²) < 4.78 is 26.8. The van der Waals surface area contributed by atoms with Crippen LogP contribution in [0.25, 0.3) is 10.9 Å². The van der Waals surface area contributed by atoms with Gasteiger partial charge in [-0.3, -0.25) is 4.90 Å². The van der Waals surface area contributed by atoms with Gasteiger partial charge in [0.25, 0.3) is 0 Å². The quantitative estimate of drug-likeness (QED) is 0.488. The molecule has 10 heteroatoms. The molecule has 7 nitrogen and oxygen atoms in total. The molecule has 1 amide bonds. The van der Waals surface area contributed by atoms with Gasteiger partial charge < -0.3 is 14.4 Å². The number of ether oxygens (including phenoxy) is 2. The average Bonchev–Trinajstić information content (AvgIpc) is 2.87. The molecule has 0 aliphatic carbocycles. The maximum absolute atomic E-state index is 14.9. The molecule has 31 heavy (non-hydrogen) atoms. The summed E-state index contributed by atoms with van der Waals surface area (Å²) in [5.41, 5.74) is -0.453. The van der Waals surface area contributed by atoms with Crippen molar-refractivity contribution in [2.24, 2.45) is 0 Å². The Hall–Kier alpha value is -1.87. The Morgan fingerprint density at radius 3 is 2.77 bits per heavy atom. The zero-order valence-corrected chi connectivity index (χ0v) is 20.4. The highest BCUT2D eigenvalue weighted by atomic mass is 79.9. The largest absolute Gasteiger partial charge is 0.489 e. The van der Waals surface area contributed by atoms with Crippen molar-refractivity contribution in [1.29, 1.82) is 0 Å². The zero-order chi connectivity index (χ0) is 22.7. The fourth-order valence-corrected chi connectivity index (χ4v) is 4.94. The second-order valence-corrected chi connectivity index (χ2v) is 10.1. The summed E-state index contributed by atoms with van der Waals surface area (Å²) in [4.78, 5) is 25.6. The first kappa shape index (κ1) is 22.3. The lowest BCUT2D eigenvalue weighted by atomic mass is 9.97. The van der Waals surface area contributed by atoms with Crippen LogP contribution in [0.4, 0.5) is 15.0 Å². The summed E-state index contributed by atoms with van der Waals surface area (Å²) in [6.07, 6.45) is 1.72. The van der Waals surface area contributed by atoms with E-state index in [1.165, 1.54) is 6.33 Å². The smallest absolute Gasteiger partial charge is 0.410 e. The molecule has 168 valence electrons. The number of hydrogen-bond acceptors (Lipinski definition) is 6. The molecule has 3 unspecified atom stereocenters. The number of piperazine rings is 1. The van der Waals surface area contributed by atoms with E-state index in [0.717, 1.165) is 6.42 Å². The number of carbonyl (C=O) groups is 1. The Labute approximate surface area is 194 Å². The fraction of sp³-hybridized carbons (Fsp3) is 0.571. The van der Waals surface area contributed by atoms with E-state index in [-0.39, 0.29) is 45.8 Å². The van der Waals surface area contributed by atoms with Gasteiger partial charge in [0.1, 0.15) is 34.9 Å². The van der Waals surface area contributed by atoms with E-state index in [9.17, 15) is 9.18 Å². The van der Waals surface area contributed by atoms with Crippen LogP contribution in [0, 0.1) is 5.82 Å². The van der Waals surface area contributed by atoms with Crippen LogP contribution >= 0.6 is 27.5 Å². The Bertz CT molecular complexity index is 1050. The molecule has 1 saturated heterocycles. The van der Waals surface area contributed by atoms with Crippen LogP contribution in [0.15, 0.2) is 10.8 Å². The third kappa shape index (κ3) is 3.69. The predicted octanol–water partition coefficient (Wildman–Crippen LogP) is 5.17. The summed E-state index contributed by atoms with van der Waals surface area (Å²) in [6.45, 7) is 10.3. The topological polar surface area (TPSA) is 67.8 Å². The normalized spacial score (nSPS) is 23.3. The third-order valence-electron chi connectivity index (χ3n) is 5.79. The van der Waals surface area contributed by atoms with Crippen LogP contribution in [0.1, 0.15) is 41.0 Å². The molecule has 3 atom stereocenters. The molecular formula is C21H25BrClFN4O3. The van der Waals surface area contributed by atoms with Crippen molar-refractivity contribution in [3.05, 3.63) is 21.6 Å². The van der Waals surface area contributed by atoms with Gasteiger partial charge in [-0.05, 0) is 50.0 Å². The number of carbonyl (C=O) groups excluding carboxylic acids is 1. The summed E-state index contributed by atoms with van der Waals surface area (Å²) >= 11 is 9.63. The summed E-state index contributed by atoms with van der Waals surface area (Å²) in [7, 11) is 0. The second kappa shape index (κ2) is 7.92. The van der Waals surface area contributed by atoms with E-state index in [1.807, 2.05) is 34.6 Å². The predicted molar refractivity (Wildman–Crippen MR) is 120 cm³/mol. The molecular weight excluding hydrogens is 491 g/mol. The first-order valence-corrected chi connectivity index (χ1v) is 11.4. The van der Waals surface area contributed by atoms with Crippen molar-refractivity contribution < 1.29 is 18.7 Å². The van der Waals surface area contributed by atoms with Gasteiger partial charge in [-0.1, -0.05) is 18.5 Å². The average molecular weight is 516 g/mol. The lowest BCUT2D eigenvalue weighted by molar-refractivity contribution is -0.00596. The first-order chi connectivity index (χ1) is 14.5. The molecule has 0 N–H and O–H groups in total. The van der Waals surface area contributed by atoms with Crippen LogP contribution in [-0.2, 0) is 4.74 Å². The molecule has 0 spiro atoms. The monoisotopic (exact) mass is 514 g/mol. The van der Waals surface area contributed by atoms with Crippen LogP contribution in [-0.4, -0.2) is 57.8 Å². The lowest BCUT2D eigenvalue weighted by Crippen LogP contribution is -2.66. The molecule has 0 bridgehead atoms. The lowest BCUT2D eigenvalue weighted by Gasteiger charge is -2.50. The number of fused-ring (bicyclic) bond motifs is 2. The molecule has 1 aromatic heterocycles. The molecule has 3 heterocycles. The minimum absolute atomic E-state index is 0.107. The summed E-state index contributed by atoms with van der Waals surface area (Å²) in [5.74, 6) is 0.353. The van der Waals surface area contributed by atoms with Crippen molar-refractivity contribution in [3.63, 3.8) is 0 Å². The van der Waals surface area contributed by atoms with Crippen LogP contribution in [0.5, 0.6) is 5.75 Å². The molecule has 0 radical (unpaired) electrons. The second-order valence-electron chi connectivity index (χ2n) is 8.91. The standard InChI is InChI=1S/C21H25BrClFN4O3/c1-6-11-7-27-12(10(2)28(11)20(29)31-21(3,4)5)8-30-18-13-17(25-9-26-19(13)27)16(24)14(22)15(18)23/h9-12H,6-8H2,1-5H3. The number of hydrogen-bond donors (Lipinski definition) is 0. The van der Waals surface area contributed by atoms with E-state index in [1.54, 1.807) is 4.90 Å². The van der Waals surface area contributed by atoms with Gasteiger partial charge in [-0.25, -0.2) is 19.2 Å². The highest BCUT2D eigenvalue weighted by Crippen LogP contribution is 2.47. The first-order valence-electron chi connectivity index (χ1n) is 10.3. The fourth-order valence-electron chi connectivity index (χ4n) is 4.34. The Morgan fingerprint density at radius 2 is 2.13 bits per heavy atom. The van der Waals surface area contributed by atoms with E-state index in [4.69, 9.17) is 21.1 Å². The van der Waals surface area contributed by atoms with E-state index in [2.05, 4.69) is 30.8 Å². The van der Waals surface area contributed by atoms with Crippen molar-refractivity contribution in [2.45, 2.75) is 64.8 Å². The Kier molecular flexibility index (Phi) is 5.70. The van der Waals surface area contributed by atoms with Crippen molar-refractivity contribution in [2.75, 3.05) is 18.1 Å². The number of amides is 1. The SMILES string of the molecule is CCC1CN2c3ncnc4c(F)c(Br)c(Cl)c(c34)OCC2C(C)N1C(=O)OC(C)(C)C. The van der Waals surface area contributed by atoms with E-state index < -0.39 is 11.4 Å². The molecule has 2 aliphatic heterocycles. The highest BCUT2D eigenvalue weighted by Gasteiger charge is 2.45. The van der Waals surface area contributed by atoms with Crippen LogP contribution in [0.2, 0.25) is 5.02 Å². The van der Waals surface area contributed by atoms with E-state index >= 15 is 0 Å². The molecule has 0 saturated carbocycles. The van der Waals surface area contributed by atoms with Crippen molar-refractivity contribution in [1.82, 2.24) is 14.9 Å². The Morgan fingerprint density at radius 1 is 1.42 bits per heavy atom. The van der Waals surface area contributed by atoms with Gasteiger partial charge in [0, 0.05) is 6.54 Å². The zero-order valence-electron chi connectivity index (χ0n) is 18.1. The number of halogens is 3. The highest BCUT2D eigenvalue weighted by molar-refractivity contribution is 9.10. The maximum atomic E-state index is 14.9. The van der Waals surface area contributed by atoms with Gasteiger partial charge in [-0.15, -0.1) is 0 Å². The van der Waals surface area contributed by atoms with Gasteiger partial charge in [0.05, 0.1) is 28.0 Å². The molecule has 1 fully saturated rings. The molecule has 2 aromatic rings. The van der Waals surface area contributed by atoms with Crippen molar-refractivity contribution >= 4 is 50.3 Å². The van der Waals surface area contributed by atoms with Gasteiger partial charge >= 0.3 is 6.09 Å². The number of benzene rings is 1. The third-order valence-corrected chi connectivity index (χ3v) is 7.12. The van der Waals surface area contributed by atoms with E-state index in [0.29, 0.717) is 23.5 Å². The Balaban J connectivity index is 1.82. The minimum Gasteiger partial charge on any atom is -0.489 e. The maximum Gasteiger partial charge on any atom is 0.410 e. The number of nitrogens with zero attached hydrogens (tertiary/aromatic N) is 4. The number of anilines is 1. The summed E-state index contributed by atoms with van der Waals surface area (Å²) in [6, 6.07) is -0.568. The van der Waals surface area contributed by atoms with Crippen molar-refractivity contribution in [3.8, 4) is 5.75 Å². The van der Waals surface area contributed by atoms with Crippen LogP contribution < -0.4 is 9.64 Å².